The Kier molecular flexibility index (Phi) is 4.53. The molecule has 1 atom stereocenters. The summed E-state index contributed by atoms with van der Waals surface area (Å²) in [5.41, 5.74) is -0.0378. The van der Waals surface area contributed by atoms with Crippen LogP contribution in [0.5, 0.6) is 0 Å². The Morgan fingerprint density at radius 2 is 1.88 bits per heavy atom. The van der Waals surface area contributed by atoms with Crippen LogP contribution in [0.3, 0.4) is 0 Å². The van der Waals surface area contributed by atoms with Gasteiger partial charge in [0.05, 0.1) is 5.92 Å². The molecule has 2 aliphatic rings. The molecule has 1 unspecified atom stereocenters. The van der Waals surface area contributed by atoms with Gasteiger partial charge in [-0.1, -0.05) is 32.1 Å². The van der Waals surface area contributed by atoms with E-state index in [0.717, 1.165) is 23.1 Å². The van der Waals surface area contributed by atoms with E-state index in [4.69, 9.17) is 0 Å². The molecular weight excluding hydrogens is 334 g/mol. The highest BCUT2D eigenvalue weighted by molar-refractivity contribution is 7.15. The molecule has 24 heavy (non-hydrogen) atoms. The second kappa shape index (κ2) is 6.20. The molecule has 0 aliphatic carbocycles. The van der Waals surface area contributed by atoms with E-state index in [0.29, 0.717) is 6.54 Å². The Morgan fingerprint density at radius 3 is 2.46 bits per heavy atom. The standard InChI is InChI=1S/C16H24F2N4OS/c1-15(2,3)13-19-20-14(24-13)22-7-4-11(10-22)12(23)21-8-5-16(17,18)6-9-21/h11H,4-10H2,1-3H3. The number of amides is 1. The number of aromatic nitrogens is 2. The van der Waals surface area contributed by atoms with Crippen molar-refractivity contribution in [1.29, 1.82) is 0 Å². The topological polar surface area (TPSA) is 49.3 Å². The molecule has 0 N–H and O–H groups in total. The van der Waals surface area contributed by atoms with Gasteiger partial charge in [0.2, 0.25) is 11.0 Å². The van der Waals surface area contributed by atoms with Gasteiger partial charge in [-0.15, -0.1) is 10.2 Å². The lowest BCUT2D eigenvalue weighted by Crippen LogP contribution is -2.45. The Labute approximate surface area is 145 Å². The van der Waals surface area contributed by atoms with E-state index in [1.165, 1.54) is 0 Å². The molecular formula is C16H24F2N4OS. The van der Waals surface area contributed by atoms with E-state index < -0.39 is 5.92 Å². The van der Waals surface area contributed by atoms with Crippen molar-refractivity contribution in [3.05, 3.63) is 5.01 Å². The van der Waals surface area contributed by atoms with Gasteiger partial charge in [-0.3, -0.25) is 4.79 Å². The highest BCUT2D eigenvalue weighted by atomic mass is 32.1. The number of likely N-dealkylation sites (tertiary alicyclic amines) is 1. The van der Waals surface area contributed by atoms with Crippen molar-refractivity contribution in [2.24, 2.45) is 5.92 Å². The molecule has 0 radical (unpaired) electrons. The zero-order valence-electron chi connectivity index (χ0n) is 14.4. The van der Waals surface area contributed by atoms with Crippen LogP contribution in [0, 0.1) is 5.92 Å². The van der Waals surface area contributed by atoms with Crippen LogP contribution in [-0.4, -0.2) is 53.1 Å². The Hall–Kier alpha value is -1.31. The van der Waals surface area contributed by atoms with Crippen LogP contribution in [0.4, 0.5) is 13.9 Å². The fourth-order valence-corrected chi connectivity index (χ4v) is 4.03. The van der Waals surface area contributed by atoms with E-state index >= 15 is 0 Å². The minimum Gasteiger partial charge on any atom is -0.346 e. The van der Waals surface area contributed by atoms with E-state index in [9.17, 15) is 13.6 Å². The maximum Gasteiger partial charge on any atom is 0.251 e. The molecule has 0 bridgehead atoms. The number of halogens is 2. The minimum atomic E-state index is -2.62. The predicted molar refractivity (Wildman–Crippen MR) is 89.7 cm³/mol. The Bertz CT molecular complexity index is 603. The van der Waals surface area contributed by atoms with Gasteiger partial charge in [0, 0.05) is 44.4 Å². The van der Waals surface area contributed by atoms with E-state index in [1.807, 2.05) is 0 Å². The summed E-state index contributed by atoms with van der Waals surface area (Å²) in [5.74, 6) is -2.73. The van der Waals surface area contributed by atoms with Gasteiger partial charge in [0.25, 0.3) is 5.92 Å². The molecule has 2 aliphatic heterocycles. The predicted octanol–water partition coefficient (Wildman–Crippen LogP) is 2.92. The SMILES string of the molecule is CC(C)(C)c1nnc(N2CCC(C(=O)N3CCC(F)(F)CC3)C2)s1. The van der Waals surface area contributed by atoms with Gasteiger partial charge < -0.3 is 9.80 Å². The highest BCUT2D eigenvalue weighted by Gasteiger charge is 2.39. The number of piperidine rings is 1. The average molecular weight is 358 g/mol. The molecule has 2 saturated heterocycles. The van der Waals surface area contributed by atoms with Crippen LogP contribution < -0.4 is 4.90 Å². The Morgan fingerprint density at radius 1 is 1.21 bits per heavy atom. The first-order valence-electron chi connectivity index (χ1n) is 8.41. The number of rotatable bonds is 2. The van der Waals surface area contributed by atoms with Gasteiger partial charge in [-0.05, 0) is 6.42 Å². The van der Waals surface area contributed by atoms with Crippen LogP contribution in [0.2, 0.25) is 0 Å². The van der Waals surface area contributed by atoms with Crippen LogP contribution in [0.15, 0.2) is 0 Å². The molecule has 3 rings (SSSR count). The van der Waals surface area contributed by atoms with Crippen LogP contribution in [-0.2, 0) is 10.2 Å². The van der Waals surface area contributed by atoms with Crippen LogP contribution >= 0.6 is 11.3 Å². The van der Waals surface area contributed by atoms with Crippen molar-refractivity contribution in [2.75, 3.05) is 31.1 Å². The van der Waals surface area contributed by atoms with Gasteiger partial charge in [0.15, 0.2) is 0 Å². The molecule has 0 saturated carbocycles. The second-order valence-corrected chi connectivity index (χ2v) is 8.71. The van der Waals surface area contributed by atoms with Crippen molar-refractivity contribution in [3.8, 4) is 0 Å². The van der Waals surface area contributed by atoms with Gasteiger partial charge in [-0.25, -0.2) is 8.78 Å². The lowest BCUT2D eigenvalue weighted by atomic mass is 9.98. The molecule has 0 aromatic carbocycles. The molecule has 8 heteroatoms. The molecule has 2 fully saturated rings. The smallest absolute Gasteiger partial charge is 0.251 e. The summed E-state index contributed by atoms with van der Waals surface area (Å²) in [6.07, 6.45) is 0.303. The molecule has 1 aromatic heterocycles. The number of nitrogens with zero attached hydrogens (tertiary/aromatic N) is 4. The number of hydrogen-bond acceptors (Lipinski definition) is 5. The summed E-state index contributed by atoms with van der Waals surface area (Å²) in [7, 11) is 0. The van der Waals surface area contributed by atoms with Gasteiger partial charge >= 0.3 is 0 Å². The molecule has 5 nitrogen and oxygen atoms in total. The lowest BCUT2D eigenvalue weighted by molar-refractivity contribution is -0.140. The summed E-state index contributed by atoms with van der Waals surface area (Å²) in [4.78, 5) is 16.3. The third kappa shape index (κ3) is 3.68. The second-order valence-electron chi connectivity index (χ2n) is 7.75. The third-order valence-corrected chi connectivity index (χ3v) is 6.08. The number of anilines is 1. The highest BCUT2D eigenvalue weighted by Crippen LogP contribution is 2.34. The van der Waals surface area contributed by atoms with E-state index in [1.54, 1.807) is 16.2 Å². The maximum absolute atomic E-state index is 13.2. The summed E-state index contributed by atoms with van der Waals surface area (Å²) < 4.78 is 26.5. The zero-order valence-corrected chi connectivity index (χ0v) is 15.2. The molecule has 3 heterocycles. The average Bonchev–Trinajstić information content (AvgIpc) is 3.15. The van der Waals surface area contributed by atoms with Crippen molar-refractivity contribution in [3.63, 3.8) is 0 Å². The molecule has 0 spiro atoms. The summed E-state index contributed by atoms with van der Waals surface area (Å²) in [6, 6.07) is 0. The summed E-state index contributed by atoms with van der Waals surface area (Å²) in [6.45, 7) is 7.98. The van der Waals surface area contributed by atoms with Crippen molar-refractivity contribution < 1.29 is 13.6 Å². The first-order valence-corrected chi connectivity index (χ1v) is 9.23. The normalized spacial score (nSPS) is 24.5. The fraction of sp³-hybridized carbons (Fsp3) is 0.812. The lowest BCUT2D eigenvalue weighted by Gasteiger charge is -2.33. The van der Waals surface area contributed by atoms with Crippen LogP contribution in [0.1, 0.15) is 45.0 Å². The summed E-state index contributed by atoms with van der Waals surface area (Å²) in [5, 5.41) is 10.3. The van der Waals surface area contributed by atoms with Crippen molar-refractivity contribution in [1.82, 2.24) is 15.1 Å². The summed E-state index contributed by atoms with van der Waals surface area (Å²) >= 11 is 1.57. The third-order valence-electron chi connectivity index (χ3n) is 4.67. The fourth-order valence-electron chi connectivity index (χ4n) is 3.09. The van der Waals surface area contributed by atoms with Crippen molar-refractivity contribution in [2.45, 2.75) is 51.4 Å². The number of alkyl halides is 2. The Balaban J connectivity index is 1.59. The van der Waals surface area contributed by atoms with Gasteiger partial charge in [-0.2, -0.15) is 0 Å². The van der Waals surface area contributed by atoms with Crippen LogP contribution in [0.25, 0.3) is 0 Å². The van der Waals surface area contributed by atoms with E-state index in [2.05, 4.69) is 35.9 Å². The quantitative estimate of drug-likeness (QED) is 0.816. The maximum atomic E-state index is 13.2. The molecule has 1 aromatic rings. The first-order chi connectivity index (χ1) is 11.2. The van der Waals surface area contributed by atoms with Crippen molar-refractivity contribution >= 4 is 22.4 Å². The number of carbonyl (C=O) groups excluding carboxylic acids is 1. The van der Waals surface area contributed by atoms with E-state index in [-0.39, 0.29) is 43.2 Å². The zero-order chi connectivity index (χ0) is 17.5. The monoisotopic (exact) mass is 358 g/mol. The molecule has 134 valence electrons. The first kappa shape index (κ1) is 17.5. The minimum absolute atomic E-state index is 0.00793. The number of carbonyl (C=O) groups is 1. The number of hydrogen-bond donors (Lipinski definition) is 0. The van der Waals surface area contributed by atoms with Gasteiger partial charge in [0.1, 0.15) is 5.01 Å². The largest absolute Gasteiger partial charge is 0.346 e. The molecule has 1 amide bonds.